The lowest BCUT2D eigenvalue weighted by atomic mass is 10.0. The molecule has 6 aromatic rings. The van der Waals surface area contributed by atoms with Crippen molar-refractivity contribution in [3.8, 4) is 33.4 Å². The summed E-state index contributed by atoms with van der Waals surface area (Å²) < 4.78 is 0. The number of aliphatic imine (C=N–C) groups is 6. The molecule has 21 aliphatic rings. The van der Waals surface area contributed by atoms with E-state index in [1.54, 1.807) is 0 Å². The van der Waals surface area contributed by atoms with Crippen molar-refractivity contribution in [2.75, 3.05) is 78.5 Å². The monoisotopic (exact) mass is 814 g/mol. The number of benzene rings is 6. The zero-order valence-corrected chi connectivity index (χ0v) is 35.4. The highest BCUT2D eigenvalue weighted by molar-refractivity contribution is 5.85. The molecule has 0 atom stereocenters. The maximum absolute atomic E-state index is 4.82. The van der Waals surface area contributed by atoms with E-state index in [4.69, 9.17) is 30.0 Å². The van der Waals surface area contributed by atoms with Gasteiger partial charge in [-0.3, -0.25) is 39.8 Å². The van der Waals surface area contributed by atoms with Crippen LogP contribution in [-0.4, -0.2) is 126 Å². The molecule has 21 heterocycles. The summed E-state index contributed by atoms with van der Waals surface area (Å²) in [5, 5.41) is 0. The Labute approximate surface area is 366 Å². The molecule has 0 aliphatic carbocycles. The lowest BCUT2D eigenvalue weighted by molar-refractivity contribution is 0.298. The molecule has 0 saturated carbocycles. The Morgan fingerprint density at radius 2 is 0.355 bits per heavy atom. The van der Waals surface area contributed by atoms with Gasteiger partial charge in [0.25, 0.3) is 0 Å². The molecule has 0 spiro atoms. The van der Waals surface area contributed by atoms with Crippen LogP contribution in [0.15, 0.2) is 176 Å². The van der Waals surface area contributed by atoms with Crippen LogP contribution in [0.25, 0.3) is 33.4 Å². The van der Waals surface area contributed by atoms with E-state index in [0.29, 0.717) is 39.3 Å². The van der Waals surface area contributed by atoms with E-state index in [9.17, 15) is 0 Å². The van der Waals surface area contributed by atoms with E-state index >= 15 is 0 Å². The maximum Gasteiger partial charge on any atom is 0.0517 e. The molecule has 14 bridgehead atoms. The van der Waals surface area contributed by atoms with Gasteiger partial charge in [-0.05, 0) is 66.8 Å². The Morgan fingerprint density at radius 3 is 0.500 bits per heavy atom. The van der Waals surface area contributed by atoms with Crippen LogP contribution in [0.2, 0.25) is 0 Å². The second-order valence-electron chi connectivity index (χ2n) is 15.6. The molecule has 62 heavy (non-hydrogen) atoms. The fraction of sp³-hybridized carbons (Fsp3) is 0.222. The molecule has 6 aromatic carbocycles. The van der Waals surface area contributed by atoms with Crippen molar-refractivity contribution in [2.24, 2.45) is 30.0 Å². The van der Waals surface area contributed by atoms with Crippen molar-refractivity contribution in [3.63, 3.8) is 0 Å². The predicted molar refractivity (Wildman–Crippen MR) is 263 cm³/mol. The van der Waals surface area contributed by atoms with Crippen LogP contribution >= 0.6 is 0 Å². The van der Waals surface area contributed by atoms with Crippen LogP contribution in [-0.2, 0) is 0 Å². The van der Waals surface area contributed by atoms with Crippen LogP contribution in [0.5, 0.6) is 0 Å². The highest BCUT2D eigenvalue weighted by atomic mass is 15.2. The second kappa shape index (κ2) is 22.2. The van der Waals surface area contributed by atoms with Gasteiger partial charge in [0.2, 0.25) is 0 Å². The summed E-state index contributed by atoms with van der Waals surface area (Å²) in [5.41, 5.74) is 13.6. The van der Waals surface area contributed by atoms with Gasteiger partial charge in [0, 0.05) is 76.6 Å². The number of rotatable bonds is 0. The third kappa shape index (κ3) is 12.6. The van der Waals surface area contributed by atoms with Gasteiger partial charge >= 0.3 is 0 Å². The summed E-state index contributed by atoms with van der Waals surface area (Å²) in [7, 11) is 0. The first kappa shape index (κ1) is 42.0. The van der Waals surface area contributed by atoms with Crippen molar-refractivity contribution in [3.05, 3.63) is 179 Å². The van der Waals surface area contributed by atoms with Crippen LogP contribution in [0.4, 0.5) is 0 Å². The number of hydrogen-bond donors (Lipinski definition) is 0. The normalized spacial score (nSPS) is 17.8. The molecule has 0 fully saturated rings. The number of hydrogen-bond acceptors (Lipinski definition) is 8. The van der Waals surface area contributed by atoms with E-state index in [-0.39, 0.29) is 0 Å². The molecule has 0 unspecified atom stereocenters. The minimum Gasteiger partial charge on any atom is -0.298 e. The Hall–Kier alpha value is -6.74. The standard InChI is InChI=1S/C54H54N8/c1-13-49-14-2-43(1)37-55-25-31-61-32-26-57-39-45-5-17-51(18-6-45)53-21-9-47(10-22-53)41-59-29-35-62(34-28-56-38-44-3-15-50(49)16-4-44)36-30-60-42-48-11-23-54(24-12-48)52-19-7-46(8-20-52)40-58-27-33-61/h1-24,37-42H,25-36H2. The summed E-state index contributed by atoms with van der Waals surface area (Å²) in [5.74, 6) is 0. The molecule has 8 nitrogen and oxygen atoms in total. The van der Waals surface area contributed by atoms with Gasteiger partial charge in [0.15, 0.2) is 0 Å². The Kier molecular flexibility index (Phi) is 15.0. The quantitative estimate of drug-likeness (QED) is 0.153. The molecule has 8 heteroatoms. The smallest absolute Gasteiger partial charge is 0.0517 e. The van der Waals surface area contributed by atoms with Crippen LogP contribution < -0.4 is 0 Å². The van der Waals surface area contributed by atoms with Gasteiger partial charge in [-0.1, -0.05) is 146 Å². The van der Waals surface area contributed by atoms with Crippen molar-refractivity contribution in [1.82, 2.24) is 9.80 Å². The molecule has 0 saturated heterocycles. The zero-order chi connectivity index (χ0) is 42.0. The zero-order valence-electron chi connectivity index (χ0n) is 35.4. The average Bonchev–Trinajstić information content (AvgIpc) is 3.32. The first-order chi connectivity index (χ1) is 30.7. The molecule has 0 aromatic heterocycles. The molecular weight excluding hydrogens is 761 g/mol. The lowest BCUT2D eigenvalue weighted by Gasteiger charge is -2.19. The average molecular weight is 815 g/mol. The van der Waals surface area contributed by atoms with Crippen molar-refractivity contribution in [1.29, 1.82) is 0 Å². The van der Waals surface area contributed by atoms with E-state index in [1.165, 1.54) is 33.4 Å². The Morgan fingerprint density at radius 1 is 0.210 bits per heavy atom. The summed E-state index contributed by atoms with van der Waals surface area (Å²) in [6.07, 6.45) is 11.9. The summed E-state index contributed by atoms with van der Waals surface area (Å²) in [4.78, 5) is 33.8. The first-order valence-corrected chi connectivity index (χ1v) is 21.8. The van der Waals surface area contributed by atoms with E-state index in [1.807, 2.05) is 37.3 Å². The Balaban J connectivity index is 1.06. The van der Waals surface area contributed by atoms with Gasteiger partial charge in [-0.2, -0.15) is 0 Å². The van der Waals surface area contributed by atoms with E-state index in [2.05, 4.69) is 155 Å². The molecular formula is C54H54N8. The molecule has 310 valence electrons. The summed E-state index contributed by atoms with van der Waals surface area (Å²) >= 11 is 0. The van der Waals surface area contributed by atoms with Crippen molar-refractivity contribution < 1.29 is 0 Å². The Bertz CT molecular complexity index is 2020. The van der Waals surface area contributed by atoms with Crippen LogP contribution in [0.3, 0.4) is 0 Å². The van der Waals surface area contributed by atoms with Crippen molar-refractivity contribution >= 4 is 37.3 Å². The summed E-state index contributed by atoms with van der Waals surface area (Å²) in [6, 6.07) is 51.7. The van der Waals surface area contributed by atoms with Crippen LogP contribution in [0, 0.1) is 0 Å². The third-order valence-electron chi connectivity index (χ3n) is 11.2. The van der Waals surface area contributed by atoms with Gasteiger partial charge in [-0.15, -0.1) is 0 Å². The SMILES string of the molecule is C1=NCCN2CCN=Cc3ccc(cc3)-c3ccc(cc3)C=NCCN(CCN=Cc3ccc(cc3)-c3ccc1cc3)CCN=Cc1ccc(cc1)-c1ccc(cc1)C=NCC2. The maximum atomic E-state index is 4.82. The van der Waals surface area contributed by atoms with Crippen molar-refractivity contribution in [2.45, 2.75) is 0 Å². The minimum absolute atomic E-state index is 0.695. The molecule has 0 amide bonds. The predicted octanol–water partition coefficient (Wildman–Crippen LogP) is 9.23. The molecule has 21 aliphatic heterocycles. The fourth-order valence-electron chi connectivity index (χ4n) is 7.46. The second-order valence-corrected chi connectivity index (χ2v) is 15.6. The van der Waals surface area contributed by atoms with Gasteiger partial charge in [0.1, 0.15) is 0 Å². The van der Waals surface area contributed by atoms with Gasteiger partial charge in [0.05, 0.1) is 39.3 Å². The number of nitrogens with zero attached hydrogens (tertiary/aromatic N) is 8. The summed E-state index contributed by atoms with van der Waals surface area (Å²) in [6.45, 7) is 9.12. The minimum atomic E-state index is 0.695. The van der Waals surface area contributed by atoms with Crippen LogP contribution in [0.1, 0.15) is 33.4 Å². The highest BCUT2D eigenvalue weighted by Crippen LogP contribution is 2.22. The van der Waals surface area contributed by atoms with Gasteiger partial charge in [-0.25, -0.2) is 0 Å². The third-order valence-corrected chi connectivity index (χ3v) is 11.2. The molecule has 27 rings (SSSR count). The largest absolute Gasteiger partial charge is 0.298 e. The molecule has 0 N–H and O–H groups in total. The first-order valence-electron chi connectivity index (χ1n) is 21.8. The van der Waals surface area contributed by atoms with E-state index in [0.717, 1.165) is 72.6 Å². The van der Waals surface area contributed by atoms with Gasteiger partial charge < -0.3 is 0 Å². The topological polar surface area (TPSA) is 80.6 Å². The lowest BCUT2D eigenvalue weighted by Crippen LogP contribution is -2.31. The fourth-order valence-corrected chi connectivity index (χ4v) is 7.46. The highest BCUT2D eigenvalue weighted by Gasteiger charge is 2.07. The molecule has 0 radical (unpaired) electrons. The van der Waals surface area contributed by atoms with E-state index < -0.39 is 0 Å².